The molecule has 0 radical (unpaired) electrons. The van der Waals surface area contributed by atoms with Crippen molar-refractivity contribution in [2.24, 2.45) is 0 Å². The van der Waals surface area contributed by atoms with Crippen molar-refractivity contribution in [3.63, 3.8) is 0 Å². The normalized spacial score (nSPS) is 19.1. The molecule has 0 unspecified atom stereocenters. The van der Waals surface area contributed by atoms with Gasteiger partial charge in [-0.1, -0.05) is 10.6 Å². The van der Waals surface area contributed by atoms with Gasteiger partial charge in [-0.05, 0) is 30.6 Å². The first kappa shape index (κ1) is 13.6. The van der Waals surface area contributed by atoms with Gasteiger partial charge < -0.3 is 0 Å². The molecule has 0 N–H and O–H groups in total. The minimum Gasteiger partial charge on any atom is -0.295 e. The lowest BCUT2D eigenvalue weighted by molar-refractivity contribution is 0.0956. The predicted molar refractivity (Wildman–Crippen MR) is 79.4 cm³/mol. The van der Waals surface area contributed by atoms with Gasteiger partial charge in [0.2, 0.25) is 0 Å². The van der Waals surface area contributed by atoms with Crippen molar-refractivity contribution in [2.45, 2.75) is 19.5 Å². The second-order valence-corrected chi connectivity index (χ2v) is 5.75. The van der Waals surface area contributed by atoms with Crippen LogP contribution in [-0.4, -0.2) is 50.5 Å². The number of nitrogens with zero attached hydrogens (tertiary/aromatic N) is 5. The Kier molecular flexibility index (Phi) is 4.34. The van der Waals surface area contributed by atoms with Gasteiger partial charge in [-0.3, -0.25) is 14.8 Å². The van der Waals surface area contributed by atoms with E-state index in [-0.39, 0.29) is 0 Å². The van der Waals surface area contributed by atoms with Crippen molar-refractivity contribution in [3.05, 3.63) is 41.2 Å². The van der Waals surface area contributed by atoms with Gasteiger partial charge in [-0.2, -0.15) is 0 Å². The van der Waals surface area contributed by atoms with E-state index >= 15 is 0 Å². The van der Waals surface area contributed by atoms with E-state index in [0.29, 0.717) is 6.04 Å². The van der Waals surface area contributed by atoms with E-state index in [4.69, 9.17) is 0 Å². The molecule has 20 heavy (non-hydrogen) atoms. The minimum atomic E-state index is 0.388. The van der Waals surface area contributed by atoms with Gasteiger partial charge in [0.05, 0.1) is 11.4 Å². The summed E-state index contributed by atoms with van der Waals surface area (Å²) in [5.74, 6) is 0. The Balaban J connectivity index is 1.53. The zero-order valence-electron chi connectivity index (χ0n) is 11.6. The molecular weight excluding hydrogens is 270 g/mol. The van der Waals surface area contributed by atoms with Crippen LogP contribution >= 0.6 is 11.5 Å². The fourth-order valence-corrected chi connectivity index (χ4v) is 3.04. The largest absolute Gasteiger partial charge is 0.295 e. The smallest absolute Gasteiger partial charge is 0.0895 e. The zero-order valence-corrected chi connectivity index (χ0v) is 12.5. The first-order chi connectivity index (χ1) is 9.83. The molecule has 3 heterocycles. The third kappa shape index (κ3) is 3.20. The molecule has 1 saturated heterocycles. The summed E-state index contributed by atoms with van der Waals surface area (Å²) in [6.07, 6.45) is 1.87. The van der Waals surface area contributed by atoms with Gasteiger partial charge >= 0.3 is 0 Å². The highest BCUT2D eigenvalue weighted by atomic mass is 32.1. The van der Waals surface area contributed by atoms with Crippen molar-refractivity contribution in [1.82, 2.24) is 24.4 Å². The van der Waals surface area contributed by atoms with E-state index in [9.17, 15) is 0 Å². The molecule has 0 aromatic carbocycles. The van der Waals surface area contributed by atoms with E-state index in [1.54, 1.807) is 0 Å². The van der Waals surface area contributed by atoms with Crippen LogP contribution in [0.3, 0.4) is 0 Å². The Bertz CT molecular complexity index is 508. The molecule has 0 amide bonds. The van der Waals surface area contributed by atoms with Gasteiger partial charge in [0, 0.05) is 50.3 Å². The van der Waals surface area contributed by atoms with Gasteiger partial charge in [-0.15, -0.1) is 5.10 Å². The number of hydrogen-bond donors (Lipinski definition) is 0. The van der Waals surface area contributed by atoms with Crippen LogP contribution in [0.25, 0.3) is 0 Å². The van der Waals surface area contributed by atoms with Crippen molar-refractivity contribution >= 4 is 11.5 Å². The summed E-state index contributed by atoms with van der Waals surface area (Å²) in [6.45, 7) is 7.47. The Hall–Kier alpha value is -1.37. The van der Waals surface area contributed by atoms with Crippen molar-refractivity contribution in [2.75, 3.05) is 26.2 Å². The predicted octanol–water partition coefficient (Wildman–Crippen LogP) is 1.81. The summed E-state index contributed by atoms with van der Waals surface area (Å²) in [5, 5.41) is 6.15. The monoisotopic (exact) mass is 289 g/mol. The van der Waals surface area contributed by atoms with Crippen LogP contribution in [0, 0.1) is 0 Å². The quantitative estimate of drug-likeness (QED) is 0.859. The van der Waals surface area contributed by atoms with Crippen LogP contribution in [0.5, 0.6) is 0 Å². The van der Waals surface area contributed by atoms with Crippen LogP contribution in [0.15, 0.2) is 29.8 Å². The van der Waals surface area contributed by atoms with Crippen LogP contribution < -0.4 is 0 Å². The molecule has 1 atom stereocenters. The molecule has 5 nitrogen and oxygen atoms in total. The molecule has 1 aliphatic rings. The summed E-state index contributed by atoms with van der Waals surface area (Å²) in [4.78, 5) is 9.40. The molecule has 3 rings (SSSR count). The van der Waals surface area contributed by atoms with E-state index in [1.807, 2.05) is 17.6 Å². The number of hydrogen-bond acceptors (Lipinski definition) is 6. The number of aromatic nitrogens is 3. The van der Waals surface area contributed by atoms with E-state index in [1.165, 1.54) is 11.5 Å². The number of pyridine rings is 1. The Morgan fingerprint density at radius 2 is 2.10 bits per heavy atom. The summed E-state index contributed by atoms with van der Waals surface area (Å²) in [6, 6.07) is 6.53. The van der Waals surface area contributed by atoms with Crippen molar-refractivity contribution < 1.29 is 0 Å². The minimum absolute atomic E-state index is 0.388. The lowest BCUT2D eigenvalue weighted by atomic mass is 10.1. The first-order valence-electron chi connectivity index (χ1n) is 6.96. The molecule has 0 saturated carbocycles. The fraction of sp³-hybridized carbons (Fsp3) is 0.500. The third-order valence-electron chi connectivity index (χ3n) is 3.86. The summed E-state index contributed by atoms with van der Waals surface area (Å²) < 4.78 is 3.92. The standard InChI is InChI=1S/C14H19N5S/c1-12(14-4-2-3-5-15-14)19-8-6-18(7-9-19)10-13-11-20-17-16-13/h2-5,11-12H,6-10H2,1H3/t12-/m0/s1. The Morgan fingerprint density at radius 3 is 2.75 bits per heavy atom. The van der Waals surface area contributed by atoms with Crippen LogP contribution in [-0.2, 0) is 6.54 Å². The Morgan fingerprint density at radius 1 is 1.25 bits per heavy atom. The second-order valence-electron chi connectivity index (χ2n) is 5.14. The SMILES string of the molecule is C[C@@H](c1ccccn1)N1CCN(Cc2csnn2)CC1. The van der Waals surface area contributed by atoms with Gasteiger partial charge in [-0.25, -0.2) is 0 Å². The maximum atomic E-state index is 4.46. The molecule has 2 aromatic heterocycles. The van der Waals surface area contributed by atoms with E-state index in [2.05, 4.69) is 43.4 Å². The van der Waals surface area contributed by atoms with Crippen LogP contribution in [0.1, 0.15) is 24.4 Å². The molecule has 0 spiro atoms. The highest BCUT2D eigenvalue weighted by Gasteiger charge is 2.22. The molecule has 0 aliphatic carbocycles. The Labute approximate surface area is 123 Å². The van der Waals surface area contributed by atoms with Crippen molar-refractivity contribution in [1.29, 1.82) is 0 Å². The van der Waals surface area contributed by atoms with Gasteiger partial charge in [0.15, 0.2) is 0 Å². The molecule has 6 heteroatoms. The lowest BCUT2D eigenvalue weighted by Crippen LogP contribution is -2.46. The number of rotatable bonds is 4. The first-order valence-corrected chi connectivity index (χ1v) is 7.80. The topological polar surface area (TPSA) is 45.2 Å². The molecule has 0 bridgehead atoms. The molecule has 2 aromatic rings. The van der Waals surface area contributed by atoms with Gasteiger partial charge in [0.25, 0.3) is 0 Å². The molecule has 1 aliphatic heterocycles. The fourth-order valence-electron chi connectivity index (χ4n) is 2.60. The van der Waals surface area contributed by atoms with Gasteiger partial charge in [0.1, 0.15) is 0 Å². The summed E-state index contributed by atoms with van der Waals surface area (Å²) >= 11 is 1.42. The van der Waals surface area contributed by atoms with Crippen molar-refractivity contribution in [3.8, 4) is 0 Å². The maximum absolute atomic E-state index is 4.46. The average Bonchev–Trinajstić information content (AvgIpc) is 3.01. The summed E-state index contributed by atoms with van der Waals surface area (Å²) in [7, 11) is 0. The highest BCUT2D eigenvalue weighted by Crippen LogP contribution is 2.20. The second kappa shape index (κ2) is 6.39. The maximum Gasteiger partial charge on any atom is 0.0895 e. The van der Waals surface area contributed by atoms with E-state index < -0.39 is 0 Å². The highest BCUT2D eigenvalue weighted by molar-refractivity contribution is 7.03. The number of piperazine rings is 1. The molecule has 106 valence electrons. The molecular formula is C14H19N5S. The van der Waals surface area contributed by atoms with E-state index in [0.717, 1.165) is 44.1 Å². The average molecular weight is 289 g/mol. The zero-order chi connectivity index (χ0) is 13.8. The van der Waals surface area contributed by atoms with Crippen LogP contribution in [0.4, 0.5) is 0 Å². The third-order valence-corrected chi connectivity index (χ3v) is 4.41. The lowest BCUT2D eigenvalue weighted by Gasteiger charge is -2.37. The van der Waals surface area contributed by atoms with Crippen LogP contribution in [0.2, 0.25) is 0 Å². The summed E-state index contributed by atoms with van der Waals surface area (Å²) in [5.41, 5.74) is 2.24. The molecule has 1 fully saturated rings.